The second kappa shape index (κ2) is 1.35. The molecule has 4 heavy (non-hydrogen) atoms. The first-order valence-corrected chi connectivity index (χ1v) is 2.59. The molecule has 0 saturated heterocycles. The Balaban J connectivity index is 2.80. The smallest absolute Gasteiger partial charge is 0.195 e. The van der Waals surface area contributed by atoms with Crippen molar-refractivity contribution >= 4 is 10.8 Å². The molecule has 0 aliphatic rings. The van der Waals surface area contributed by atoms with Crippen LogP contribution in [-0.2, 0) is 10.8 Å². The van der Waals surface area contributed by atoms with Gasteiger partial charge in [-0.1, -0.05) is 0 Å². The van der Waals surface area contributed by atoms with Crippen LogP contribution in [0.25, 0.3) is 0 Å². The van der Waals surface area contributed by atoms with E-state index in [2.05, 4.69) is 6.26 Å². The lowest BCUT2D eigenvalue weighted by molar-refractivity contribution is 0.691. The Bertz CT molecular complexity index is 29.0. The van der Waals surface area contributed by atoms with Crippen molar-refractivity contribution in [3.8, 4) is 0 Å². The maximum atomic E-state index is 9.44. The third-order valence-electron chi connectivity index (χ3n) is 0. The van der Waals surface area contributed by atoms with E-state index >= 15 is 0 Å². The molecule has 0 amide bonds. The number of hydrogen-bond acceptors (Lipinski definition) is 1. The molecule has 0 rings (SSSR count). The van der Waals surface area contributed by atoms with E-state index in [1.165, 1.54) is 6.26 Å². The van der Waals surface area contributed by atoms with Gasteiger partial charge in [-0.3, -0.25) is 0 Å². The van der Waals surface area contributed by atoms with Gasteiger partial charge in [-0.25, -0.2) is 4.21 Å². The monoisotopic (exact) mass is 77.0 g/mol. The van der Waals surface area contributed by atoms with Gasteiger partial charge in [0.05, 0.1) is 6.26 Å². The molecule has 0 aliphatic heterocycles. The van der Waals surface area contributed by atoms with Crippen LogP contribution in [0.2, 0.25) is 0 Å². The van der Waals surface area contributed by atoms with E-state index < -0.39 is 10.8 Å². The maximum Gasteiger partial charge on any atom is 0.195 e. The van der Waals surface area contributed by atoms with Gasteiger partial charge in [0.25, 0.3) is 0 Å². The van der Waals surface area contributed by atoms with E-state index in [0.717, 1.165) is 0 Å². The Morgan fingerprint density at radius 3 is 2.00 bits per heavy atom. The summed E-state index contributed by atoms with van der Waals surface area (Å²) in [7, 11) is -0.861. The molecule has 0 aromatic rings. The van der Waals surface area contributed by atoms with Crippen molar-refractivity contribution in [1.29, 1.82) is 0 Å². The molecule has 0 fully saturated rings. The minimum absolute atomic E-state index is 0.861. The lowest BCUT2D eigenvalue weighted by Gasteiger charge is -1.47. The Hall–Kier alpha value is 0.0200. The predicted molar refractivity (Wildman–Crippen MR) is 19.4 cm³/mol. The van der Waals surface area contributed by atoms with Gasteiger partial charge in [-0.15, -0.1) is 0 Å². The third kappa shape index (κ3) is 5250. The molecule has 0 radical (unpaired) electrons. The highest BCUT2D eigenvalue weighted by molar-refractivity contribution is 7.85. The van der Waals surface area contributed by atoms with E-state index in [9.17, 15) is 4.21 Å². The molecular formula is C2H5OS+. The molecule has 0 heterocycles. The van der Waals surface area contributed by atoms with Crippen LogP contribution in [0, 0.1) is 6.26 Å². The van der Waals surface area contributed by atoms with Gasteiger partial charge in [-0.05, 0) is 0 Å². The highest BCUT2D eigenvalue weighted by atomic mass is 32.2. The summed E-state index contributed by atoms with van der Waals surface area (Å²) in [6.07, 6.45) is 4.64. The summed E-state index contributed by atoms with van der Waals surface area (Å²) in [5.41, 5.74) is 0. The van der Waals surface area contributed by atoms with E-state index in [1.807, 2.05) is 0 Å². The quantitative estimate of drug-likeness (QED) is 0.376. The second-order valence-electron chi connectivity index (χ2n) is 0.573. The molecule has 24 valence electrons. The first-order chi connectivity index (χ1) is 1.73. The normalized spacial score (nSPS) is 15.2. The summed E-state index contributed by atoms with van der Waals surface area (Å²) < 4.78 is 9.44. The summed E-state index contributed by atoms with van der Waals surface area (Å²) in [5, 5.41) is 0. The second-order valence-corrected chi connectivity index (χ2v) is 1.72. The van der Waals surface area contributed by atoms with Crippen molar-refractivity contribution in [2.45, 2.75) is 0 Å². The summed E-state index contributed by atoms with van der Waals surface area (Å²) >= 11 is 0. The zero-order chi connectivity index (χ0) is 3.58. The van der Waals surface area contributed by atoms with E-state index in [0.29, 0.717) is 0 Å². The van der Waals surface area contributed by atoms with Crippen LogP contribution in [0.1, 0.15) is 0 Å². The first-order valence-electron chi connectivity index (χ1n) is 0.864. The molecule has 1 nitrogen and oxygen atoms in total. The molecule has 0 aromatic heterocycles. The molecule has 0 N–H and O–H groups in total. The Kier molecular flexibility index (Phi) is 1.36. The Morgan fingerprint density at radius 2 is 2.00 bits per heavy atom. The Labute approximate surface area is 28.5 Å². The number of hydrogen-bond donors (Lipinski definition) is 0. The molecule has 1 unspecified atom stereocenters. The largest absolute Gasteiger partial charge is 0.210 e. The van der Waals surface area contributed by atoms with Crippen LogP contribution in [0.4, 0.5) is 0 Å². The van der Waals surface area contributed by atoms with E-state index in [-0.39, 0.29) is 0 Å². The maximum absolute atomic E-state index is 9.44. The van der Waals surface area contributed by atoms with Crippen molar-refractivity contribution in [3.63, 3.8) is 0 Å². The highest BCUT2D eigenvalue weighted by Crippen LogP contribution is 1.53. The minimum atomic E-state index is -0.861. The Morgan fingerprint density at radius 1 is 2.00 bits per heavy atom. The van der Waals surface area contributed by atoms with Crippen LogP contribution >= 0.6 is 0 Å². The van der Waals surface area contributed by atoms with Crippen LogP contribution in [0.5, 0.6) is 0 Å². The zero-order valence-corrected chi connectivity index (χ0v) is 3.34. The van der Waals surface area contributed by atoms with Crippen LogP contribution < -0.4 is 0 Å². The molecule has 0 aromatic carbocycles. The fourth-order valence-corrected chi connectivity index (χ4v) is 0. The lowest BCUT2D eigenvalue weighted by atomic mass is 11.9. The minimum Gasteiger partial charge on any atom is -0.210 e. The van der Waals surface area contributed by atoms with Crippen LogP contribution in [0.3, 0.4) is 0 Å². The van der Waals surface area contributed by atoms with Crippen LogP contribution in [0.15, 0.2) is 0 Å². The first kappa shape index (κ1) is 4.02. The van der Waals surface area contributed by atoms with Gasteiger partial charge in [0.2, 0.25) is 0 Å². The van der Waals surface area contributed by atoms with Gasteiger partial charge < -0.3 is 0 Å². The molecule has 1 atom stereocenters. The fourth-order valence-electron chi connectivity index (χ4n) is 0. The SMILES string of the molecule is [CH2+]S(C)=O. The predicted octanol–water partition coefficient (Wildman–Crippen LogP) is 0.156. The van der Waals surface area contributed by atoms with Gasteiger partial charge in [0, 0.05) is 0 Å². The summed E-state index contributed by atoms with van der Waals surface area (Å²) in [6.45, 7) is 0. The van der Waals surface area contributed by atoms with Gasteiger partial charge in [0.1, 0.15) is 0 Å². The summed E-state index contributed by atoms with van der Waals surface area (Å²) in [5.74, 6) is 0. The zero-order valence-electron chi connectivity index (χ0n) is 2.52. The lowest BCUT2D eigenvalue weighted by Crippen LogP contribution is -1.65. The highest BCUT2D eigenvalue weighted by Gasteiger charge is 1.71. The third-order valence-corrected chi connectivity index (χ3v) is 0. The topological polar surface area (TPSA) is 17.1 Å². The fraction of sp³-hybridized carbons (Fsp3) is 0.500. The average molecular weight is 77.1 g/mol. The molecule has 0 saturated carbocycles. The van der Waals surface area contributed by atoms with Crippen molar-refractivity contribution in [2.24, 2.45) is 0 Å². The molecular weight excluding hydrogens is 72.1 g/mol. The van der Waals surface area contributed by atoms with Crippen molar-refractivity contribution in [1.82, 2.24) is 0 Å². The van der Waals surface area contributed by atoms with Gasteiger partial charge in [-0.2, -0.15) is 0 Å². The van der Waals surface area contributed by atoms with Crippen molar-refractivity contribution in [3.05, 3.63) is 6.26 Å². The molecule has 0 spiro atoms. The van der Waals surface area contributed by atoms with E-state index in [4.69, 9.17) is 0 Å². The van der Waals surface area contributed by atoms with Gasteiger partial charge in [0.15, 0.2) is 17.1 Å². The van der Waals surface area contributed by atoms with Crippen molar-refractivity contribution < 1.29 is 4.21 Å². The van der Waals surface area contributed by atoms with E-state index in [1.54, 1.807) is 0 Å². The number of rotatable bonds is 0. The summed E-state index contributed by atoms with van der Waals surface area (Å²) in [4.78, 5) is 0. The standard InChI is InChI=1S/C2H5OS/c1-4(2)3/h1H2,2H3/q+1. The van der Waals surface area contributed by atoms with Crippen molar-refractivity contribution in [2.75, 3.05) is 6.26 Å². The van der Waals surface area contributed by atoms with Crippen LogP contribution in [-0.4, -0.2) is 10.5 Å². The molecule has 2 heteroatoms. The summed E-state index contributed by atoms with van der Waals surface area (Å²) in [6, 6.07) is 0. The molecule has 0 bridgehead atoms. The average Bonchev–Trinajstić information content (AvgIpc) is 0.811. The van der Waals surface area contributed by atoms with Gasteiger partial charge >= 0.3 is 0 Å². The molecule has 0 aliphatic carbocycles.